The Morgan fingerprint density at radius 3 is 2.71 bits per heavy atom. The lowest BCUT2D eigenvalue weighted by Crippen LogP contribution is -2.20. The second-order valence-electron chi connectivity index (χ2n) is 8.90. The number of fused-ring (bicyclic) bond motifs is 1. The third kappa shape index (κ3) is 3.40. The molecule has 1 saturated carbocycles. The van der Waals surface area contributed by atoms with Crippen LogP contribution in [0.3, 0.4) is 0 Å². The number of nitrogens with zero attached hydrogens (tertiary/aromatic N) is 7. The summed E-state index contributed by atoms with van der Waals surface area (Å²) in [5.41, 5.74) is 2.01. The van der Waals surface area contributed by atoms with Gasteiger partial charge in [-0.15, -0.1) is 10.2 Å². The van der Waals surface area contributed by atoms with E-state index in [1.165, 1.54) is 10.8 Å². The number of rotatable bonds is 5. The Bertz CT molecular complexity index is 1590. The Morgan fingerprint density at radius 2 is 1.91 bits per heavy atom. The average Bonchev–Trinajstić information content (AvgIpc) is 3.36. The Kier molecular flexibility index (Phi) is 4.65. The van der Waals surface area contributed by atoms with Crippen LogP contribution in [-0.2, 0) is 0 Å². The quantitative estimate of drug-likeness (QED) is 0.392. The molecule has 0 unspecified atom stereocenters. The van der Waals surface area contributed by atoms with Crippen LogP contribution in [0.1, 0.15) is 44.3 Å². The molecular weight excluding hydrogens is 433 g/mol. The SMILES string of the molecule is CC(C)n1cnnc1-c1cccc(-n2cc(F)c3ccc(-n4cnc(C5CC5)c4)cc3c2=O)n1. The highest BCUT2D eigenvalue weighted by Crippen LogP contribution is 2.39. The molecule has 0 N–H and O–H groups in total. The zero-order chi connectivity index (χ0) is 23.4. The summed E-state index contributed by atoms with van der Waals surface area (Å²) in [5.74, 6) is 0.921. The third-order valence-electron chi connectivity index (χ3n) is 6.19. The maximum Gasteiger partial charge on any atom is 0.264 e. The van der Waals surface area contributed by atoms with Gasteiger partial charge in [0.15, 0.2) is 5.82 Å². The first-order chi connectivity index (χ1) is 16.5. The van der Waals surface area contributed by atoms with E-state index in [0.717, 1.165) is 24.2 Å². The van der Waals surface area contributed by atoms with Crippen molar-refractivity contribution in [1.29, 1.82) is 0 Å². The smallest absolute Gasteiger partial charge is 0.264 e. The maximum absolute atomic E-state index is 15.1. The van der Waals surface area contributed by atoms with Crippen LogP contribution >= 0.6 is 0 Å². The van der Waals surface area contributed by atoms with E-state index >= 15 is 4.39 Å². The molecule has 0 bridgehead atoms. The molecule has 9 heteroatoms. The summed E-state index contributed by atoms with van der Waals surface area (Å²) in [5, 5.41) is 8.70. The lowest BCUT2D eigenvalue weighted by Gasteiger charge is -2.12. The molecule has 0 spiro atoms. The molecule has 170 valence electrons. The number of benzene rings is 1. The van der Waals surface area contributed by atoms with Gasteiger partial charge in [-0.05, 0) is 57.0 Å². The predicted octanol–water partition coefficient (Wildman–Crippen LogP) is 4.43. The summed E-state index contributed by atoms with van der Waals surface area (Å²) >= 11 is 0. The van der Waals surface area contributed by atoms with E-state index in [9.17, 15) is 4.79 Å². The van der Waals surface area contributed by atoms with E-state index in [4.69, 9.17) is 0 Å². The van der Waals surface area contributed by atoms with Crippen molar-refractivity contribution >= 4 is 10.8 Å². The summed E-state index contributed by atoms with van der Waals surface area (Å²) in [6.45, 7) is 4.04. The van der Waals surface area contributed by atoms with Gasteiger partial charge in [-0.1, -0.05) is 6.07 Å². The van der Waals surface area contributed by atoms with Gasteiger partial charge in [-0.25, -0.2) is 14.4 Å². The summed E-state index contributed by atoms with van der Waals surface area (Å²) in [7, 11) is 0. The molecule has 1 fully saturated rings. The number of hydrogen-bond donors (Lipinski definition) is 0. The minimum atomic E-state index is -0.497. The van der Waals surface area contributed by atoms with Crippen LogP contribution < -0.4 is 5.56 Å². The molecule has 6 rings (SSSR count). The first-order valence-electron chi connectivity index (χ1n) is 11.3. The standard InChI is InChI=1S/C25H22FN7O/c1-15(2)33-14-28-30-24(33)21-4-3-5-23(29-21)32-11-20(26)18-9-8-17(10-19(18)25(32)34)31-12-22(27-13-31)16-6-7-16/h3-5,8-16H,6-7H2,1-2H3. The number of halogens is 1. The summed E-state index contributed by atoms with van der Waals surface area (Å²) in [4.78, 5) is 22.5. The molecule has 1 aliphatic rings. The van der Waals surface area contributed by atoms with Gasteiger partial charge >= 0.3 is 0 Å². The maximum atomic E-state index is 15.1. The second kappa shape index (κ2) is 7.72. The van der Waals surface area contributed by atoms with Crippen LogP contribution in [0.25, 0.3) is 33.8 Å². The van der Waals surface area contributed by atoms with Crippen molar-refractivity contribution in [3.05, 3.63) is 83.3 Å². The van der Waals surface area contributed by atoms with Crippen LogP contribution in [0.2, 0.25) is 0 Å². The minimum Gasteiger partial charge on any atom is -0.310 e. The summed E-state index contributed by atoms with van der Waals surface area (Å²) < 4.78 is 20.1. The number of hydrogen-bond acceptors (Lipinski definition) is 5. The van der Waals surface area contributed by atoms with Crippen molar-refractivity contribution in [1.82, 2.24) is 33.9 Å². The van der Waals surface area contributed by atoms with Gasteiger partial charge in [-0.2, -0.15) is 0 Å². The first-order valence-corrected chi connectivity index (χ1v) is 11.3. The second-order valence-corrected chi connectivity index (χ2v) is 8.90. The normalized spacial score (nSPS) is 13.8. The van der Waals surface area contributed by atoms with Gasteiger partial charge in [0, 0.05) is 29.2 Å². The molecule has 4 heterocycles. The van der Waals surface area contributed by atoms with Crippen molar-refractivity contribution in [2.45, 2.75) is 38.6 Å². The van der Waals surface area contributed by atoms with Gasteiger partial charge in [0.1, 0.15) is 23.7 Å². The fourth-order valence-electron chi connectivity index (χ4n) is 4.17. The molecule has 34 heavy (non-hydrogen) atoms. The topological polar surface area (TPSA) is 83.4 Å². The monoisotopic (exact) mass is 455 g/mol. The summed E-state index contributed by atoms with van der Waals surface area (Å²) in [6.07, 6.45) is 8.86. The van der Waals surface area contributed by atoms with Gasteiger partial charge in [-0.3, -0.25) is 9.36 Å². The number of imidazole rings is 1. The van der Waals surface area contributed by atoms with Crippen LogP contribution in [0.4, 0.5) is 4.39 Å². The van der Waals surface area contributed by atoms with E-state index in [2.05, 4.69) is 20.2 Å². The highest BCUT2D eigenvalue weighted by Gasteiger charge is 2.26. The van der Waals surface area contributed by atoms with Crippen molar-refractivity contribution in [2.24, 2.45) is 0 Å². The van der Waals surface area contributed by atoms with Crippen molar-refractivity contribution in [3.63, 3.8) is 0 Å². The molecule has 1 aromatic carbocycles. The highest BCUT2D eigenvalue weighted by atomic mass is 19.1. The molecule has 1 aliphatic carbocycles. The average molecular weight is 455 g/mol. The lowest BCUT2D eigenvalue weighted by atomic mass is 10.1. The highest BCUT2D eigenvalue weighted by molar-refractivity contribution is 5.84. The molecule has 5 aromatic rings. The van der Waals surface area contributed by atoms with E-state index < -0.39 is 5.82 Å². The molecular formula is C25H22FN7O. The molecule has 0 amide bonds. The fourth-order valence-corrected chi connectivity index (χ4v) is 4.17. The van der Waals surface area contributed by atoms with Crippen LogP contribution in [-0.4, -0.2) is 33.9 Å². The van der Waals surface area contributed by atoms with Gasteiger partial charge in [0.2, 0.25) is 0 Å². The van der Waals surface area contributed by atoms with Crippen molar-refractivity contribution in [3.8, 4) is 23.0 Å². The van der Waals surface area contributed by atoms with E-state index in [1.54, 1.807) is 49.1 Å². The molecule has 8 nitrogen and oxygen atoms in total. The van der Waals surface area contributed by atoms with Crippen molar-refractivity contribution in [2.75, 3.05) is 0 Å². The van der Waals surface area contributed by atoms with Crippen LogP contribution in [0, 0.1) is 5.82 Å². The third-order valence-corrected chi connectivity index (χ3v) is 6.19. The zero-order valence-corrected chi connectivity index (χ0v) is 18.8. The zero-order valence-electron chi connectivity index (χ0n) is 18.8. The molecule has 0 atom stereocenters. The number of aromatic nitrogens is 7. The van der Waals surface area contributed by atoms with Crippen molar-refractivity contribution < 1.29 is 4.39 Å². The van der Waals surface area contributed by atoms with Crippen LogP contribution in [0.15, 0.2) is 66.2 Å². The first kappa shape index (κ1) is 20.5. The van der Waals surface area contributed by atoms with E-state index in [0.29, 0.717) is 23.3 Å². The van der Waals surface area contributed by atoms with Gasteiger partial charge in [0.25, 0.3) is 5.56 Å². The van der Waals surface area contributed by atoms with Gasteiger partial charge < -0.3 is 9.13 Å². The lowest BCUT2D eigenvalue weighted by molar-refractivity contribution is 0.603. The largest absolute Gasteiger partial charge is 0.310 e. The Morgan fingerprint density at radius 1 is 1.06 bits per heavy atom. The van der Waals surface area contributed by atoms with E-state index in [-0.39, 0.29) is 22.4 Å². The van der Waals surface area contributed by atoms with E-state index in [1.807, 2.05) is 29.2 Å². The molecule has 4 aromatic heterocycles. The predicted molar refractivity (Wildman–Crippen MR) is 126 cm³/mol. The molecule has 0 aliphatic heterocycles. The molecule has 0 saturated heterocycles. The molecule has 0 radical (unpaired) electrons. The van der Waals surface area contributed by atoms with Crippen LogP contribution in [0.5, 0.6) is 0 Å². The Balaban J connectivity index is 1.46. The summed E-state index contributed by atoms with van der Waals surface area (Å²) in [6, 6.07) is 10.5. The minimum absolute atomic E-state index is 0.137. The Hall–Kier alpha value is -4.14. The Labute approximate surface area is 194 Å². The number of pyridine rings is 2. The van der Waals surface area contributed by atoms with Gasteiger partial charge in [0.05, 0.1) is 23.6 Å². The fraction of sp³-hybridized carbons (Fsp3) is 0.240.